The van der Waals surface area contributed by atoms with Crippen LogP contribution < -0.4 is 15.4 Å². The van der Waals surface area contributed by atoms with E-state index in [-0.39, 0.29) is 24.5 Å². The molecule has 10 heteroatoms. The fourth-order valence-electron chi connectivity index (χ4n) is 4.67. The Hall–Kier alpha value is -4.73. The summed E-state index contributed by atoms with van der Waals surface area (Å²) >= 11 is 0. The molecule has 236 valence electrons. The van der Waals surface area contributed by atoms with Gasteiger partial charge in [0.1, 0.15) is 34.9 Å². The van der Waals surface area contributed by atoms with E-state index in [4.69, 9.17) is 9.47 Å². The average molecular weight is 606 g/mol. The monoisotopic (exact) mass is 605 g/mol. The van der Waals surface area contributed by atoms with Crippen LogP contribution in [0.4, 0.5) is 10.5 Å². The number of rotatable bonds is 13. The molecule has 0 aliphatic carbocycles. The van der Waals surface area contributed by atoms with E-state index < -0.39 is 35.6 Å². The molecule has 2 atom stereocenters. The molecule has 0 aliphatic rings. The van der Waals surface area contributed by atoms with Gasteiger partial charge in [0.05, 0.1) is 7.11 Å². The minimum absolute atomic E-state index is 0.0572. The van der Waals surface area contributed by atoms with Crippen molar-refractivity contribution in [3.05, 3.63) is 83.9 Å². The summed E-state index contributed by atoms with van der Waals surface area (Å²) in [5.74, 6) is -0.367. The lowest BCUT2D eigenvalue weighted by Crippen LogP contribution is -2.53. The number of hydrogen-bond acceptors (Lipinski definition) is 7. The number of anilines is 1. The van der Waals surface area contributed by atoms with Crippen LogP contribution in [0.15, 0.2) is 72.8 Å². The minimum atomic E-state index is -1.14. The Morgan fingerprint density at radius 2 is 1.59 bits per heavy atom. The number of unbranched alkanes of at least 4 members (excludes halogenated alkanes) is 2. The zero-order valence-corrected chi connectivity index (χ0v) is 26.0. The smallest absolute Gasteiger partial charge is 0.408 e. The van der Waals surface area contributed by atoms with Crippen molar-refractivity contribution in [2.45, 2.75) is 71.1 Å². The molecule has 0 spiro atoms. The number of amides is 3. The second kappa shape index (κ2) is 15.7. The molecule has 3 amide bonds. The fourth-order valence-corrected chi connectivity index (χ4v) is 4.67. The highest BCUT2D eigenvalue weighted by atomic mass is 16.6. The van der Waals surface area contributed by atoms with Crippen molar-refractivity contribution in [2.75, 3.05) is 19.0 Å². The van der Waals surface area contributed by atoms with Gasteiger partial charge in [0, 0.05) is 18.7 Å². The summed E-state index contributed by atoms with van der Waals surface area (Å²) in [6.45, 7) is 7.42. The van der Waals surface area contributed by atoms with E-state index in [0.29, 0.717) is 29.0 Å². The Morgan fingerprint density at radius 3 is 2.18 bits per heavy atom. The Bertz CT molecular complexity index is 1390. The van der Waals surface area contributed by atoms with Gasteiger partial charge in [0.25, 0.3) is 5.91 Å². The molecule has 0 aromatic heterocycles. The van der Waals surface area contributed by atoms with E-state index in [1.54, 1.807) is 76.4 Å². The van der Waals surface area contributed by atoms with Gasteiger partial charge in [-0.2, -0.15) is 0 Å². The number of aromatic hydroxyl groups is 2. The highest BCUT2D eigenvalue weighted by Gasteiger charge is 2.36. The van der Waals surface area contributed by atoms with Crippen molar-refractivity contribution in [1.82, 2.24) is 10.2 Å². The first-order valence-electron chi connectivity index (χ1n) is 14.7. The summed E-state index contributed by atoms with van der Waals surface area (Å²) < 4.78 is 10.7. The minimum Gasteiger partial charge on any atom is -0.508 e. The number of nitrogens with zero attached hydrogens (tertiary/aromatic N) is 1. The van der Waals surface area contributed by atoms with Crippen molar-refractivity contribution in [3.63, 3.8) is 0 Å². The molecule has 0 bridgehead atoms. The summed E-state index contributed by atoms with van der Waals surface area (Å²) in [5.41, 5.74) is 0.776. The molecule has 10 nitrogen and oxygen atoms in total. The van der Waals surface area contributed by atoms with Gasteiger partial charge in [-0.1, -0.05) is 44.0 Å². The van der Waals surface area contributed by atoms with E-state index in [1.807, 2.05) is 6.92 Å². The Labute approximate surface area is 259 Å². The lowest BCUT2D eigenvalue weighted by Gasteiger charge is -2.34. The maximum atomic E-state index is 14.5. The third-order valence-electron chi connectivity index (χ3n) is 6.75. The fraction of sp³-hybridized carbons (Fsp3) is 0.382. The maximum Gasteiger partial charge on any atom is 0.408 e. The van der Waals surface area contributed by atoms with Crippen LogP contribution >= 0.6 is 0 Å². The normalized spacial score (nSPS) is 12.5. The van der Waals surface area contributed by atoms with Crippen LogP contribution in [0.5, 0.6) is 17.2 Å². The summed E-state index contributed by atoms with van der Waals surface area (Å²) in [6.07, 6.45) is 1.59. The molecule has 0 aliphatic heterocycles. The number of nitrogens with one attached hydrogen (secondary N) is 2. The number of hydrogen-bond donors (Lipinski definition) is 4. The second-order valence-corrected chi connectivity index (χ2v) is 11.5. The number of benzene rings is 3. The molecule has 0 heterocycles. The number of ether oxygens (including phenoxy) is 2. The summed E-state index contributed by atoms with van der Waals surface area (Å²) in [7, 11) is 1.55. The Morgan fingerprint density at radius 1 is 0.909 bits per heavy atom. The van der Waals surface area contributed by atoms with Gasteiger partial charge in [0.2, 0.25) is 5.91 Å². The highest BCUT2D eigenvalue weighted by Crippen LogP contribution is 2.28. The van der Waals surface area contributed by atoms with Crippen LogP contribution in [0, 0.1) is 0 Å². The van der Waals surface area contributed by atoms with Crippen molar-refractivity contribution in [1.29, 1.82) is 0 Å². The molecule has 0 saturated heterocycles. The molecule has 4 N–H and O–H groups in total. The molecule has 0 saturated carbocycles. The van der Waals surface area contributed by atoms with Crippen molar-refractivity contribution >= 4 is 23.6 Å². The SMILES string of the molecule is CCCCCN(C(=O)C(Cc1ccc(O)cc1)NC(=O)OC(C)(C)C)C(C(=O)Nc1ccc(OC)cc1)c1cccc(O)c1. The number of alkyl carbamates (subject to hydrolysis) is 1. The van der Waals surface area contributed by atoms with Crippen molar-refractivity contribution in [3.8, 4) is 17.2 Å². The molecule has 0 radical (unpaired) electrons. The zero-order chi connectivity index (χ0) is 32.3. The molecule has 3 rings (SSSR count). The first-order valence-corrected chi connectivity index (χ1v) is 14.7. The van der Waals surface area contributed by atoms with Gasteiger partial charge >= 0.3 is 6.09 Å². The standard InChI is InChI=1S/C34H43N3O7/c1-6-7-8-20-37(32(41)29(36-33(42)44-34(2,3)4)21-23-12-16-26(38)17-13-23)30(24-10-9-11-27(39)22-24)31(40)35-25-14-18-28(43-5)19-15-25/h9-19,22,29-30,38-39H,6-8,20-21H2,1-5H3,(H,35,40)(H,36,42). The molecular formula is C34H43N3O7. The van der Waals surface area contributed by atoms with Gasteiger partial charge in [-0.15, -0.1) is 0 Å². The number of methoxy groups -OCH3 is 1. The molecule has 44 heavy (non-hydrogen) atoms. The van der Waals surface area contributed by atoms with Crippen LogP contribution in [0.1, 0.15) is 64.1 Å². The predicted molar refractivity (Wildman–Crippen MR) is 169 cm³/mol. The first kappa shape index (κ1) is 33.8. The number of phenolic OH excluding ortho intramolecular Hbond substituents is 2. The maximum absolute atomic E-state index is 14.5. The number of carbonyl (C=O) groups is 3. The average Bonchev–Trinajstić information content (AvgIpc) is 2.96. The van der Waals surface area contributed by atoms with E-state index in [2.05, 4.69) is 10.6 Å². The van der Waals surface area contributed by atoms with Crippen LogP contribution in [0.3, 0.4) is 0 Å². The Kier molecular flexibility index (Phi) is 12.0. The topological polar surface area (TPSA) is 137 Å². The third-order valence-corrected chi connectivity index (χ3v) is 6.75. The molecule has 3 aromatic carbocycles. The van der Waals surface area contributed by atoms with Crippen LogP contribution in [0.2, 0.25) is 0 Å². The number of carbonyl (C=O) groups excluding carboxylic acids is 3. The van der Waals surface area contributed by atoms with Gasteiger partial charge in [-0.3, -0.25) is 9.59 Å². The van der Waals surface area contributed by atoms with Gasteiger partial charge in [0.15, 0.2) is 0 Å². The molecular weight excluding hydrogens is 562 g/mol. The van der Waals surface area contributed by atoms with Crippen LogP contribution in [-0.2, 0) is 20.7 Å². The summed E-state index contributed by atoms with van der Waals surface area (Å²) in [5, 5.41) is 25.7. The molecule has 0 fully saturated rings. The number of phenols is 2. The quantitative estimate of drug-likeness (QED) is 0.177. The van der Waals surface area contributed by atoms with E-state index in [9.17, 15) is 24.6 Å². The van der Waals surface area contributed by atoms with E-state index in [1.165, 1.54) is 29.2 Å². The first-order chi connectivity index (χ1) is 20.9. The predicted octanol–water partition coefficient (Wildman–Crippen LogP) is 5.94. The molecule has 3 aromatic rings. The molecule has 2 unspecified atom stereocenters. The second-order valence-electron chi connectivity index (χ2n) is 11.5. The summed E-state index contributed by atoms with van der Waals surface area (Å²) in [4.78, 5) is 42.9. The van der Waals surface area contributed by atoms with Crippen LogP contribution in [-0.4, -0.2) is 58.3 Å². The van der Waals surface area contributed by atoms with E-state index in [0.717, 1.165) is 12.8 Å². The summed E-state index contributed by atoms with van der Waals surface area (Å²) in [6, 6.07) is 17.1. The van der Waals surface area contributed by atoms with Gasteiger partial charge in [-0.25, -0.2) is 4.79 Å². The lowest BCUT2D eigenvalue weighted by molar-refractivity contribution is -0.140. The Balaban J connectivity index is 2.06. The highest BCUT2D eigenvalue weighted by molar-refractivity contribution is 5.99. The van der Waals surface area contributed by atoms with Gasteiger partial charge in [-0.05, 0) is 86.8 Å². The lowest BCUT2D eigenvalue weighted by atomic mass is 9.99. The van der Waals surface area contributed by atoms with Crippen molar-refractivity contribution in [2.24, 2.45) is 0 Å². The van der Waals surface area contributed by atoms with Crippen LogP contribution in [0.25, 0.3) is 0 Å². The van der Waals surface area contributed by atoms with Crippen molar-refractivity contribution < 1.29 is 34.1 Å². The zero-order valence-electron chi connectivity index (χ0n) is 26.0. The largest absolute Gasteiger partial charge is 0.508 e. The third kappa shape index (κ3) is 10.2. The van der Waals surface area contributed by atoms with Gasteiger partial charge < -0.3 is 35.2 Å². The van der Waals surface area contributed by atoms with E-state index >= 15 is 0 Å².